The van der Waals surface area contributed by atoms with Crippen LogP contribution < -0.4 is 9.47 Å². The van der Waals surface area contributed by atoms with Crippen molar-refractivity contribution in [1.82, 2.24) is 4.98 Å². The smallest absolute Gasteiger partial charge is 0.290 e. The molecule has 2 aliphatic rings. The highest BCUT2D eigenvalue weighted by molar-refractivity contribution is 7.92. The van der Waals surface area contributed by atoms with Crippen molar-refractivity contribution in [3.63, 3.8) is 0 Å². The molecule has 0 atom stereocenters. The molecule has 2 saturated carbocycles. The van der Waals surface area contributed by atoms with Gasteiger partial charge in [-0.15, -0.1) is 0 Å². The number of hydrogen-bond donors (Lipinski definition) is 1. The van der Waals surface area contributed by atoms with Gasteiger partial charge in [0.2, 0.25) is 0 Å². The number of aromatic nitrogens is 2. The van der Waals surface area contributed by atoms with Gasteiger partial charge in [0.05, 0.1) is 27.8 Å². The zero-order chi connectivity index (χ0) is 23.2. The fourth-order valence-electron chi connectivity index (χ4n) is 5.19. The van der Waals surface area contributed by atoms with E-state index < -0.39 is 9.84 Å². The van der Waals surface area contributed by atoms with E-state index in [0.29, 0.717) is 22.0 Å². The van der Waals surface area contributed by atoms with Crippen LogP contribution in [0.5, 0.6) is 5.75 Å². The zero-order valence-corrected chi connectivity index (χ0v) is 20.2. The third-order valence-corrected chi connectivity index (χ3v) is 9.47. The van der Waals surface area contributed by atoms with E-state index in [1.807, 2.05) is 18.2 Å². The Bertz CT molecular complexity index is 1270. The molecule has 6 nitrogen and oxygen atoms in total. The Morgan fingerprint density at radius 3 is 2.52 bits per heavy atom. The minimum Gasteiger partial charge on any atom is -0.710 e. The number of hydrogen-bond acceptors (Lipinski definition) is 4. The second-order valence-electron chi connectivity index (χ2n) is 9.69. The van der Waals surface area contributed by atoms with Gasteiger partial charge in [0.25, 0.3) is 5.65 Å². The summed E-state index contributed by atoms with van der Waals surface area (Å²) in [7, 11) is -3.35. The standard InChI is InChI=1S/C26H32N2O4S/c1-3-4-18-5-7-19(8-6-18)32-25-12-11-21(33(30,31)20-9-10-20)16-24(25)23-15-17(2)28(29)26-22(23)13-14-27-26/h11-16,18-20,27H,3-10H2,1-2H3/t18-,19-. The molecule has 176 valence electrons. The highest BCUT2D eigenvalue weighted by atomic mass is 32.2. The molecule has 0 bridgehead atoms. The summed E-state index contributed by atoms with van der Waals surface area (Å²) < 4.78 is 33.4. The molecule has 1 aromatic carbocycles. The van der Waals surface area contributed by atoms with E-state index >= 15 is 0 Å². The molecule has 5 rings (SSSR count). The van der Waals surface area contributed by atoms with Crippen LogP contribution in [0, 0.1) is 18.0 Å². The lowest BCUT2D eigenvalue weighted by atomic mass is 9.84. The van der Waals surface area contributed by atoms with Crippen molar-refractivity contribution < 1.29 is 17.9 Å². The maximum Gasteiger partial charge on any atom is 0.290 e. The van der Waals surface area contributed by atoms with Crippen LogP contribution in [0.1, 0.15) is 64.0 Å². The molecule has 2 heterocycles. The molecule has 2 fully saturated rings. The summed E-state index contributed by atoms with van der Waals surface area (Å²) in [4.78, 5) is 3.35. The van der Waals surface area contributed by atoms with Gasteiger partial charge >= 0.3 is 0 Å². The Morgan fingerprint density at radius 2 is 1.82 bits per heavy atom. The van der Waals surface area contributed by atoms with Gasteiger partial charge in [-0.25, -0.2) is 18.1 Å². The number of fused-ring (bicyclic) bond motifs is 1. The summed E-state index contributed by atoms with van der Waals surface area (Å²) in [5.74, 6) is 1.47. The minimum atomic E-state index is -3.35. The number of nitrogens with zero attached hydrogens (tertiary/aromatic N) is 1. The summed E-state index contributed by atoms with van der Waals surface area (Å²) >= 11 is 0. The molecule has 0 amide bonds. The Balaban J connectivity index is 1.56. The molecule has 2 aromatic heterocycles. The van der Waals surface area contributed by atoms with Crippen LogP contribution in [0.15, 0.2) is 41.4 Å². The number of ether oxygens (including phenoxy) is 1. The molecule has 0 unspecified atom stereocenters. The van der Waals surface area contributed by atoms with Gasteiger partial charge in [0.1, 0.15) is 11.4 Å². The van der Waals surface area contributed by atoms with E-state index in [4.69, 9.17) is 4.74 Å². The van der Waals surface area contributed by atoms with Crippen molar-refractivity contribution >= 4 is 20.9 Å². The summed E-state index contributed by atoms with van der Waals surface area (Å²) in [6, 6.07) is 8.95. The molecule has 7 heteroatoms. The topological polar surface area (TPSA) is 86.1 Å². The van der Waals surface area contributed by atoms with Gasteiger partial charge in [0.15, 0.2) is 9.84 Å². The van der Waals surface area contributed by atoms with Crippen LogP contribution in [0.2, 0.25) is 0 Å². The van der Waals surface area contributed by atoms with Crippen LogP contribution in [0.25, 0.3) is 22.2 Å². The minimum absolute atomic E-state index is 0.124. The van der Waals surface area contributed by atoms with Crippen molar-refractivity contribution in [2.45, 2.75) is 81.5 Å². The summed E-state index contributed by atoms with van der Waals surface area (Å²) in [5.41, 5.74) is 2.56. The van der Waals surface area contributed by atoms with Gasteiger partial charge in [0, 0.05) is 11.1 Å². The van der Waals surface area contributed by atoms with E-state index in [2.05, 4.69) is 11.9 Å². The van der Waals surface area contributed by atoms with Crippen LogP contribution in [0.4, 0.5) is 0 Å². The van der Waals surface area contributed by atoms with E-state index in [9.17, 15) is 13.6 Å². The highest BCUT2D eigenvalue weighted by Gasteiger charge is 2.37. The van der Waals surface area contributed by atoms with Crippen molar-refractivity contribution in [3.05, 3.63) is 47.4 Å². The van der Waals surface area contributed by atoms with Crippen molar-refractivity contribution in [2.75, 3.05) is 0 Å². The number of pyridine rings is 1. The van der Waals surface area contributed by atoms with Crippen LogP contribution in [-0.2, 0) is 9.84 Å². The number of sulfone groups is 1. The van der Waals surface area contributed by atoms with Crippen molar-refractivity contribution in [2.24, 2.45) is 5.92 Å². The van der Waals surface area contributed by atoms with Gasteiger partial charge in [-0.3, -0.25) is 0 Å². The average Bonchev–Trinajstić information content (AvgIpc) is 3.56. The molecule has 0 radical (unpaired) electrons. The number of nitrogens with one attached hydrogen (secondary N) is 1. The highest BCUT2D eigenvalue weighted by Crippen LogP contribution is 2.41. The fourth-order valence-corrected chi connectivity index (χ4v) is 6.87. The fraction of sp³-hybridized carbons (Fsp3) is 0.500. The molecular formula is C26H32N2O4S. The predicted octanol–water partition coefficient (Wildman–Crippen LogP) is 5.45. The first kappa shape index (κ1) is 22.3. The largest absolute Gasteiger partial charge is 0.710 e. The number of aromatic amines is 1. The molecule has 2 aliphatic carbocycles. The number of H-pyrrole nitrogens is 1. The summed E-state index contributed by atoms with van der Waals surface area (Å²) in [5, 5.41) is 13.0. The second kappa shape index (κ2) is 8.67. The monoisotopic (exact) mass is 468 g/mol. The molecule has 0 saturated heterocycles. The van der Waals surface area contributed by atoms with Crippen molar-refractivity contribution in [3.8, 4) is 16.9 Å². The first-order chi connectivity index (χ1) is 15.9. The van der Waals surface area contributed by atoms with Gasteiger partial charge in [-0.1, -0.05) is 19.8 Å². The molecular weight excluding hydrogens is 436 g/mol. The van der Waals surface area contributed by atoms with Crippen LogP contribution >= 0.6 is 0 Å². The molecule has 0 aliphatic heterocycles. The third kappa shape index (κ3) is 4.23. The number of aryl methyl sites for hydroxylation is 1. The van der Waals surface area contributed by atoms with E-state index in [-0.39, 0.29) is 11.4 Å². The lowest BCUT2D eigenvalue weighted by Gasteiger charge is -2.29. The maximum atomic E-state index is 13.0. The maximum absolute atomic E-state index is 13.0. The van der Waals surface area contributed by atoms with Gasteiger partial charge < -0.3 is 9.94 Å². The number of benzene rings is 1. The van der Waals surface area contributed by atoms with E-state index in [0.717, 1.165) is 52.8 Å². The Hall–Kier alpha value is -2.54. The van der Waals surface area contributed by atoms with Crippen LogP contribution in [-0.4, -0.2) is 24.8 Å². The first-order valence-corrected chi connectivity index (χ1v) is 13.7. The molecule has 0 spiro atoms. The lowest BCUT2D eigenvalue weighted by Crippen LogP contribution is -2.31. The molecule has 33 heavy (non-hydrogen) atoms. The first-order valence-electron chi connectivity index (χ1n) is 12.1. The summed E-state index contributed by atoms with van der Waals surface area (Å²) in [6.07, 6.45) is 10.2. The normalized spacial score (nSPS) is 21.4. The molecule has 3 aromatic rings. The number of rotatable bonds is 7. The predicted molar refractivity (Wildman–Crippen MR) is 129 cm³/mol. The van der Waals surface area contributed by atoms with E-state index in [1.165, 1.54) is 25.7 Å². The lowest BCUT2D eigenvalue weighted by molar-refractivity contribution is -0.586. The summed E-state index contributed by atoms with van der Waals surface area (Å²) in [6.45, 7) is 4.00. The zero-order valence-electron chi connectivity index (χ0n) is 19.3. The second-order valence-corrected chi connectivity index (χ2v) is 11.9. The quantitative estimate of drug-likeness (QED) is 0.369. The molecule has 1 N–H and O–H groups in total. The van der Waals surface area contributed by atoms with Gasteiger partial charge in [-0.05, 0) is 81.7 Å². The Labute approximate surface area is 195 Å². The van der Waals surface area contributed by atoms with E-state index in [1.54, 1.807) is 25.3 Å². The van der Waals surface area contributed by atoms with Gasteiger partial charge in [-0.2, -0.15) is 0 Å². The Kier molecular flexibility index (Phi) is 5.85. The SMILES string of the molecule is CCC[C@H]1CC[C@H](Oc2ccc(S(=O)(=O)C3CC3)cc2-c2cc(C)[n+]([O-])c3[nH]ccc23)CC1. The van der Waals surface area contributed by atoms with Crippen LogP contribution in [0.3, 0.4) is 0 Å². The van der Waals surface area contributed by atoms with Crippen molar-refractivity contribution in [1.29, 1.82) is 0 Å². The third-order valence-electron chi connectivity index (χ3n) is 7.21. The average molecular weight is 469 g/mol. The Morgan fingerprint density at radius 1 is 1.06 bits per heavy atom.